The van der Waals surface area contributed by atoms with Gasteiger partial charge in [-0.25, -0.2) is 12.7 Å². The quantitative estimate of drug-likeness (QED) is 0.827. The summed E-state index contributed by atoms with van der Waals surface area (Å²) < 4.78 is 31.4. The molecule has 0 bridgehead atoms. The molecular weight excluding hydrogens is 294 g/mol. The van der Waals surface area contributed by atoms with Crippen molar-refractivity contribution in [3.8, 4) is 5.75 Å². The molecule has 0 atom stereocenters. The lowest BCUT2D eigenvalue weighted by Gasteiger charge is -2.19. The molecule has 1 rings (SSSR count). The second-order valence-corrected chi connectivity index (χ2v) is 6.77. The Morgan fingerprint density at radius 2 is 2.00 bits per heavy atom. The fourth-order valence-corrected chi connectivity index (χ4v) is 3.41. The Morgan fingerprint density at radius 3 is 2.48 bits per heavy atom. The SMILES string of the molecule is CCc1cc(S(=O)(=O)N(C)CCC(=O)O)c(C)cc1OC. The maximum Gasteiger partial charge on any atom is 0.304 e. The zero-order valence-electron chi connectivity index (χ0n) is 12.7. The summed E-state index contributed by atoms with van der Waals surface area (Å²) in [7, 11) is -0.783. The number of hydrogen-bond donors (Lipinski definition) is 1. The molecule has 0 fully saturated rings. The van der Waals surface area contributed by atoms with E-state index in [1.807, 2.05) is 6.92 Å². The van der Waals surface area contributed by atoms with Crippen LogP contribution in [0.5, 0.6) is 5.75 Å². The van der Waals surface area contributed by atoms with Crippen molar-refractivity contribution in [3.05, 3.63) is 23.3 Å². The van der Waals surface area contributed by atoms with Gasteiger partial charge >= 0.3 is 5.97 Å². The molecule has 1 aromatic carbocycles. The third-order valence-corrected chi connectivity index (χ3v) is 5.29. The summed E-state index contributed by atoms with van der Waals surface area (Å²) in [6.07, 6.45) is 0.413. The van der Waals surface area contributed by atoms with Crippen molar-refractivity contribution in [1.29, 1.82) is 0 Å². The van der Waals surface area contributed by atoms with Gasteiger partial charge in [-0.3, -0.25) is 4.79 Å². The number of sulfonamides is 1. The van der Waals surface area contributed by atoms with Gasteiger partial charge in [0.05, 0.1) is 18.4 Å². The molecule has 0 aliphatic rings. The number of hydrogen-bond acceptors (Lipinski definition) is 4. The van der Waals surface area contributed by atoms with Crippen LogP contribution in [0.15, 0.2) is 17.0 Å². The van der Waals surface area contributed by atoms with E-state index in [1.165, 1.54) is 7.05 Å². The van der Waals surface area contributed by atoms with Crippen LogP contribution in [-0.2, 0) is 21.2 Å². The van der Waals surface area contributed by atoms with Crippen LogP contribution in [0.3, 0.4) is 0 Å². The highest BCUT2D eigenvalue weighted by Crippen LogP contribution is 2.28. The minimum atomic E-state index is -3.71. The Bertz CT molecular complexity index is 624. The summed E-state index contributed by atoms with van der Waals surface area (Å²) in [5, 5.41) is 8.67. The van der Waals surface area contributed by atoms with Crippen LogP contribution in [0.1, 0.15) is 24.5 Å². The van der Waals surface area contributed by atoms with E-state index < -0.39 is 16.0 Å². The summed E-state index contributed by atoms with van der Waals surface area (Å²) >= 11 is 0. The molecule has 0 aromatic heterocycles. The molecule has 118 valence electrons. The molecule has 0 amide bonds. The molecule has 0 spiro atoms. The predicted octanol–water partition coefficient (Wildman–Crippen LogP) is 1.66. The van der Waals surface area contributed by atoms with Gasteiger partial charge in [-0.2, -0.15) is 0 Å². The van der Waals surface area contributed by atoms with Gasteiger partial charge in [-0.05, 0) is 36.6 Å². The number of methoxy groups -OCH3 is 1. The topological polar surface area (TPSA) is 83.9 Å². The maximum absolute atomic E-state index is 12.5. The lowest BCUT2D eigenvalue weighted by Crippen LogP contribution is -2.29. The fourth-order valence-electron chi connectivity index (χ4n) is 1.99. The summed E-state index contributed by atoms with van der Waals surface area (Å²) in [6, 6.07) is 3.29. The average Bonchev–Trinajstić information content (AvgIpc) is 2.43. The molecule has 0 radical (unpaired) electrons. The van der Waals surface area contributed by atoms with Gasteiger partial charge in [-0.15, -0.1) is 0 Å². The number of carboxylic acids is 1. The number of nitrogens with zero attached hydrogens (tertiary/aromatic N) is 1. The van der Waals surface area contributed by atoms with Gasteiger partial charge in [0.15, 0.2) is 0 Å². The largest absolute Gasteiger partial charge is 0.496 e. The Balaban J connectivity index is 3.22. The van der Waals surface area contributed by atoms with Crippen LogP contribution < -0.4 is 4.74 Å². The van der Waals surface area contributed by atoms with Gasteiger partial charge in [0.25, 0.3) is 0 Å². The molecule has 0 aliphatic heterocycles. The van der Waals surface area contributed by atoms with E-state index in [1.54, 1.807) is 26.2 Å². The van der Waals surface area contributed by atoms with E-state index in [4.69, 9.17) is 9.84 Å². The zero-order valence-corrected chi connectivity index (χ0v) is 13.5. The van der Waals surface area contributed by atoms with E-state index in [0.29, 0.717) is 17.7 Å². The second kappa shape index (κ2) is 6.91. The summed E-state index contributed by atoms with van der Waals surface area (Å²) in [4.78, 5) is 10.8. The number of rotatable bonds is 7. The summed E-state index contributed by atoms with van der Waals surface area (Å²) in [5.74, 6) is -0.375. The van der Waals surface area contributed by atoms with Gasteiger partial charge in [0.1, 0.15) is 5.75 Å². The number of aryl methyl sites for hydroxylation is 2. The lowest BCUT2D eigenvalue weighted by atomic mass is 10.1. The Labute approximate surface area is 125 Å². The molecule has 7 heteroatoms. The average molecular weight is 315 g/mol. The van der Waals surface area contributed by atoms with Crippen molar-refractivity contribution < 1.29 is 23.1 Å². The van der Waals surface area contributed by atoms with Crippen molar-refractivity contribution >= 4 is 16.0 Å². The first-order valence-electron chi connectivity index (χ1n) is 6.59. The highest BCUT2D eigenvalue weighted by molar-refractivity contribution is 7.89. The van der Waals surface area contributed by atoms with Crippen molar-refractivity contribution in [2.75, 3.05) is 20.7 Å². The molecule has 0 aliphatic carbocycles. The Hall–Kier alpha value is -1.60. The predicted molar refractivity (Wildman–Crippen MR) is 79.2 cm³/mol. The smallest absolute Gasteiger partial charge is 0.304 e. The number of aliphatic carboxylic acids is 1. The molecule has 0 heterocycles. The number of carboxylic acid groups (broad SMARTS) is 1. The van der Waals surface area contributed by atoms with E-state index in [0.717, 1.165) is 9.87 Å². The second-order valence-electron chi connectivity index (χ2n) is 4.75. The first-order valence-corrected chi connectivity index (χ1v) is 8.03. The third kappa shape index (κ3) is 3.95. The highest BCUT2D eigenvalue weighted by Gasteiger charge is 2.24. The van der Waals surface area contributed by atoms with Crippen molar-refractivity contribution in [2.24, 2.45) is 0 Å². The molecule has 21 heavy (non-hydrogen) atoms. The van der Waals surface area contributed by atoms with Crippen molar-refractivity contribution in [3.63, 3.8) is 0 Å². The van der Waals surface area contributed by atoms with Gasteiger partial charge in [0, 0.05) is 13.6 Å². The molecule has 0 unspecified atom stereocenters. The molecule has 0 saturated carbocycles. The zero-order chi connectivity index (χ0) is 16.2. The number of ether oxygens (including phenoxy) is 1. The monoisotopic (exact) mass is 315 g/mol. The Morgan fingerprint density at radius 1 is 1.38 bits per heavy atom. The molecule has 1 N–H and O–H groups in total. The molecular formula is C14H21NO5S. The minimum absolute atomic E-state index is 0.0649. The Kier molecular flexibility index (Phi) is 5.74. The number of carbonyl (C=O) groups is 1. The van der Waals surface area contributed by atoms with Crippen molar-refractivity contribution in [1.82, 2.24) is 4.31 Å². The molecule has 0 saturated heterocycles. The van der Waals surface area contributed by atoms with Crippen molar-refractivity contribution in [2.45, 2.75) is 31.6 Å². The molecule has 6 nitrogen and oxygen atoms in total. The lowest BCUT2D eigenvalue weighted by molar-refractivity contribution is -0.137. The van der Waals surface area contributed by atoms with E-state index in [9.17, 15) is 13.2 Å². The number of benzene rings is 1. The van der Waals surface area contributed by atoms with Crippen LogP contribution in [-0.4, -0.2) is 44.5 Å². The van der Waals surface area contributed by atoms with E-state index >= 15 is 0 Å². The minimum Gasteiger partial charge on any atom is -0.496 e. The summed E-state index contributed by atoms with van der Waals surface area (Å²) in [5.41, 5.74) is 1.37. The van der Waals surface area contributed by atoms with Gasteiger partial charge in [0.2, 0.25) is 10.0 Å². The normalized spacial score (nSPS) is 11.7. The highest BCUT2D eigenvalue weighted by atomic mass is 32.2. The van der Waals surface area contributed by atoms with Crippen LogP contribution in [0, 0.1) is 6.92 Å². The maximum atomic E-state index is 12.5. The standard InChI is InChI=1S/C14H21NO5S/c1-5-11-9-13(10(2)8-12(11)20-4)21(18,19)15(3)7-6-14(16)17/h8-9H,5-7H2,1-4H3,(H,16,17). The molecule has 1 aromatic rings. The summed E-state index contributed by atoms with van der Waals surface area (Å²) in [6.45, 7) is 3.54. The third-order valence-electron chi connectivity index (χ3n) is 3.29. The van der Waals surface area contributed by atoms with E-state index in [2.05, 4.69) is 0 Å². The van der Waals surface area contributed by atoms with Crippen LogP contribution >= 0.6 is 0 Å². The van der Waals surface area contributed by atoms with Gasteiger partial charge < -0.3 is 9.84 Å². The van der Waals surface area contributed by atoms with E-state index in [-0.39, 0.29) is 17.9 Å². The first kappa shape index (κ1) is 17.5. The first-order chi connectivity index (χ1) is 9.73. The van der Waals surface area contributed by atoms with Crippen LogP contribution in [0.25, 0.3) is 0 Å². The fraction of sp³-hybridized carbons (Fsp3) is 0.500. The van der Waals surface area contributed by atoms with Crippen LogP contribution in [0.2, 0.25) is 0 Å². The van der Waals surface area contributed by atoms with Gasteiger partial charge in [-0.1, -0.05) is 6.92 Å². The van der Waals surface area contributed by atoms with Crippen LogP contribution in [0.4, 0.5) is 0 Å².